The molecule has 0 bridgehead atoms. The van der Waals surface area contributed by atoms with Crippen LogP contribution in [0, 0.1) is 5.92 Å². The minimum absolute atomic E-state index is 0.116. The number of nitrogens with zero attached hydrogens (tertiary/aromatic N) is 1. The SMILES string of the molecule is CC1CCN(C(=O)c2cc(Br)cc(Br)c2)C1CBr. The Balaban J connectivity index is 2.25. The molecule has 1 aliphatic rings. The molecule has 2 rings (SSSR count). The van der Waals surface area contributed by atoms with Crippen molar-refractivity contribution < 1.29 is 4.79 Å². The number of carbonyl (C=O) groups excluding carboxylic acids is 1. The van der Waals surface area contributed by atoms with E-state index >= 15 is 0 Å². The highest BCUT2D eigenvalue weighted by atomic mass is 79.9. The van der Waals surface area contributed by atoms with Crippen LogP contribution in [0.25, 0.3) is 0 Å². The van der Waals surface area contributed by atoms with Gasteiger partial charge in [-0.3, -0.25) is 4.79 Å². The van der Waals surface area contributed by atoms with Crippen LogP contribution in [-0.2, 0) is 0 Å². The number of carbonyl (C=O) groups is 1. The number of benzene rings is 1. The van der Waals surface area contributed by atoms with Crippen LogP contribution in [-0.4, -0.2) is 28.7 Å². The van der Waals surface area contributed by atoms with E-state index in [4.69, 9.17) is 0 Å². The van der Waals surface area contributed by atoms with Crippen LogP contribution in [0.5, 0.6) is 0 Å². The first-order valence-corrected chi connectivity index (χ1v) is 8.56. The van der Waals surface area contributed by atoms with E-state index in [1.54, 1.807) is 0 Å². The van der Waals surface area contributed by atoms with Crippen LogP contribution in [0.1, 0.15) is 23.7 Å². The molecule has 2 unspecified atom stereocenters. The van der Waals surface area contributed by atoms with Gasteiger partial charge in [0.1, 0.15) is 0 Å². The topological polar surface area (TPSA) is 20.3 Å². The van der Waals surface area contributed by atoms with Crippen molar-refractivity contribution in [3.63, 3.8) is 0 Å². The molecule has 1 fully saturated rings. The van der Waals surface area contributed by atoms with E-state index in [1.165, 1.54) is 0 Å². The molecule has 1 aromatic carbocycles. The van der Waals surface area contributed by atoms with Gasteiger partial charge < -0.3 is 4.90 Å². The Hall–Kier alpha value is 0.130. The molecule has 1 aromatic rings. The van der Waals surface area contributed by atoms with E-state index in [1.807, 2.05) is 23.1 Å². The van der Waals surface area contributed by atoms with Gasteiger partial charge in [-0.2, -0.15) is 0 Å². The molecule has 5 heteroatoms. The van der Waals surface area contributed by atoms with E-state index in [9.17, 15) is 4.79 Å². The second-order valence-corrected chi connectivity index (χ2v) is 7.12. The monoisotopic (exact) mass is 437 g/mol. The van der Waals surface area contributed by atoms with Crippen LogP contribution >= 0.6 is 47.8 Å². The van der Waals surface area contributed by atoms with E-state index in [0.29, 0.717) is 12.0 Å². The normalized spacial score (nSPS) is 23.4. The number of rotatable bonds is 2. The second-order valence-electron chi connectivity index (χ2n) is 4.64. The van der Waals surface area contributed by atoms with Crippen molar-refractivity contribution in [1.82, 2.24) is 4.90 Å². The highest BCUT2D eigenvalue weighted by molar-refractivity contribution is 9.11. The summed E-state index contributed by atoms with van der Waals surface area (Å²) in [5.74, 6) is 0.676. The summed E-state index contributed by atoms with van der Waals surface area (Å²) in [6.07, 6.45) is 1.08. The lowest BCUT2D eigenvalue weighted by Gasteiger charge is -2.25. The molecule has 98 valence electrons. The summed E-state index contributed by atoms with van der Waals surface area (Å²) >= 11 is 10.4. The molecule has 0 N–H and O–H groups in total. The molecule has 0 spiro atoms. The van der Waals surface area contributed by atoms with Crippen molar-refractivity contribution in [3.8, 4) is 0 Å². The summed E-state index contributed by atoms with van der Waals surface area (Å²) in [7, 11) is 0. The first kappa shape index (κ1) is 14.5. The van der Waals surface area contributed by atoms with E-state index in [0.717, 1.165) is 32.8 Å². The number of halogens is 3. The standard InChI is InChI=1S/C13H14Br3NO/c1-8-2-3-17(12(8)7-14)13(18)9-4-10(15)6-11(16)5-9/h4-6,8,12H,2-3,7H2,1H3. The lowest BCUT2D eigenvalue weighted by molar-refractivity contribution is 0.0738. The average molecular weight is 440 g/mol. The number of hydrogen-bond acceptors (Lipinski definition) is 1. The number of hydrogen-bond donors (Lipinski definition) is 0. The maximum atomic E-state index is 12.5. The van der Waals surface area contributed by atoms with Gasteiger partial charge in [0.15, 0.2) is 0 Å². The maximum absolute atomic E-state index is 12.5. The fourth-order valence-corrected chi connectivity index (χ4v) is 4.62. The second kappa shape index (κ2) is 6.06. The zero-order chi connectivity index (χ0) is 13.3. The molecule has 18 heavy (non-hydrogen) atoms. The Bertz CT molecular complexity index is 443. The third kappa shape index (κ3) is 2.99. The van der Waals surface area contributed by atoms with Gasteiger partial charge in [0.2, 0.25) is 0 Å². The van der Waals surface area contributed by atoms with Gasteiger partial charge in [-0.05, 0) is 30.5 Å². The van der Waals surface area contributed by atoms with Crippen LogP contribution in [0.2, 0.25) is 0 Å². The Kier molecular flexibility index (Phi) is 4.89. The summed E-state index contributed by atoms with van der Waals surface area (Å²) in [4.78, 5) is 14.5. The van der Waals surface area contributed by atoms with Gasteiger partial charge in [-0.15, -0.1) is 0 Å². The van der Waals surface area contributed by atoms with Crippen LogP contribution in [0.4, 0.5) is 0 Å². The first-order valence-electron chi connectivity index (χ1n) is 5.86. The predicted molar refractivity (Wildman–Crippen MR) is 84.2 cm³/mol. The average Bonchev–Trinajstić information content (AvgIpc) is 2.68. The molecule has 0 aliphatic carbocycles. The van der Waals surface area contributed by atoms with E-state index in [2.05, 4.69) is 54.7 Å². The molecule has 2 atom stereocenters. The molecule has 1 amide bonds. The molecule has 0 radical (unpaired) electrons. The van der Waals surface area contributed by atoms with Gasteiger partial charge >= 0.3 is 0 Å². The van der Waals surface area contributed by atoms with Crippen LogP contribution in [0.15, 0.2) is 27.1 Å². The summed E-state index contributed by atoms with van der Waals surface area (Å²) < 4.78 is 1.84. The van der Waals surface area contributed by atoms with Crippen molar-refractivity contribution >= 4 is 53.7 Å². The fraction of sp³-hybridized carbons (Fsp3) is 0.462. The van der Waals surface area contributed by atoms with Crippen LogP contribution in [0.3, 0.4) is 0 Å². The van der Waals surface area contributed by atoms with E-state index in [-0.39, 0.29) is 5.91 Å². The molecule has 2 nitrogen and oxygen atoms in total. The Labute approximate surface area is 133 Å². The molecule has 1 heterocycles. The summed E-state index contributed by atoms with van der Waals surface area (Å²) in [5.41, 5.74) is 0.733. The van der Waals surface area contributed by atoms with Crippen LogP contribution < -0.4 is 0 Å². The fourth-order valence-electron chi connectivity index (χ4n) is 2.34. The van der Waals surface area contributed by atoms with Crippen molar-refractivity contribution in [3.05, 3.63) is 32.7 Å². The van der Waals surface area contributed by atoms with Crippen molar-refractivity contribution in [2.24, 2.45) is 5.92 Å². The zero-order valence-electron chi connectivity index (χ0n) is 10.00. The molecular weight excluding hydrogens is 426 g/mol. The molecule has 1 aliphatic heterocycles. The smallest absolute Gasteiger partial charge is 0.254 e. The third-order valence-electron chi connectivity index (χ3n) is 3.41. The highest BCUT2D eigenvalue weighted by Crippen LogP contribution is 2.28. The van der Waals surface area contributed by atoms with Gasteiger partial charge in [-0.25, -0.2) is 0 Å². The van der Waals surface area contributed by atoms with Gasteiger partial charge in [0.25, 0.3) is 5.91 Å². The Morgan fingerprint density at radius 1 is 1.33 bits per heavy atom. The maximum Gasteiger partial charge on any atom is 0.254 e. The third-order valence-corrected chi connectivity index (χ3v) is 4.99. The molecule has 1 saturated heterocycles. The van der Waals surface area contributed by atoms with E-state index < -0.39 is 0 Å². The summed E-state index contributed by atoms with van der Waals surface area (Å²) in [6.45, 7) is 3.05. The number of alkyl halides is 1. The molecule has 0 aromatic heterocycles. The summed E-state index contributed by atoms with van der Waals surface area (Å²) in [5, 5.41) is 0.842. The van der Waals surface area contributed by atoms with Gasteiger partial charge in [0.05, 0.1) is 0 Å². The number of likely N-dealkylation sites (tertiary alicyclic amines) is 1. The predicted octanol–water partition coefficient (Wildman–Crippen LogP) is 4.46. The summed E-state index contributed by atoms with van der Waals surface area (Å²) in [6, 6.07) is 5.99. The molecule has 0 saturated carbocycles. The zero-order valence-corrected chi connectivity index (χ0v) is 14.8. The Morgan fingerprint density at radius 3 is 2.50 bits per heavy atom. The lowest BCUT2D eigenvalue weighted by Crippen LogP contribution is -2.38. The minimum atomic E-state index is 0.116. The largest absolute Gasteiger partial charge is 0.335 e. The van der Waals surface area contributed by atoms with Gasteiger partial charge in [-0.1, -0.05) is 54.7 Å². The van der Waals surface area contributed by atoms with Crippen molar-refractivity contribution in [2.45, 2.75) is 19.4 Å². The quantitative estimate of drug-likeness (QED) is 0.623. The van der Waals surface area contributed by atoms with Crippen molar-refractivity contribution in [2.75, 3.05) is 11.9 Å². The molecular formula is C13H14Br3NO. The minimum Gasteiger partial charge on any atom is -0.335 e. The van der Waals surface area contributed by atoms with Crippen molar-refractivity contribution in [1.29, 1.82) is 0 Å². The first-order chi connectivity index (χ1) is 8.52. The Morgan fingerprint density at radius 2 is 1.94 bits per heavy atom. The lowest BCUT2D eigenvalue weighted by atomic mass is 10.0. The van der Waals surface area contributed by atoms with Gasteiger partial charge in [0, 0.05) is 32.4 Å². The number of amides is 1. The highest BCUT2D eigenvalue weighted by Gasteiger charge is 2.34.